The maximum atomic E-state index is 5.52. The highest BCUT2D eigenvalue weighted by molar-refractivity contribution is 5.72. The van der Waals surface area contributed by atoms with E-state index < -0.39 is 0 Å². The van der Waals surface area contributed by atoms with Crippen LogP contribution in [0.4, 0.5) is 5.82 Å². The molecule has 0 saturated carbocycles. The molecule has 0 radical (unpaired) electrons. The normalized spacial score (nSPS) is 12.9. The Labute approximate surface area is 106 Å². The van der Waals surface area contributed by atoms with Crippen molar-refractivity contribution in [2.24, 2.45) is 0 Å². The van der Waals surface area contributed by atoms with Gasteiger partial charge >= 0.3 is 0 Å². The maximum absolute atomic E-state index is 5.52. The van der Waals surface area contributed by atoms with E-state index in [2.05, 4.69) is 28.3 Å². The highest BCUT2D eigenvalue weighted by Crippen LogP contribution is 2.31. The number of benzene rings is 1. The summed E-state index contributed by atoms with van der Waals surface area (Å²) in [6, 6.07) is 6.20. The monoisotopic (exact) mass is 241 g/mol. The van der Waals surface area contributed by atoms with Crippen LogP contribution in [0.2, 0.25) is 0 Å². The molecule has 2 heterocycles. The SMILES string of the molecule is CCNc1nccnc1-c1ccc2c(c1)CCO2. The Morgan fingerprint density at radius 2 is 2.17 bits per heavy atom. The Bertz CT molecular complexity index is 569. The topological polar surface area (TPSA) is 47.0 Å². The molecule has 0 spiro atoms. The molecule has 1 aliphatic heterocycles. The van der Waals surface area contributed by atoms with Crippen molar-refractivity contribution in [3.8, 4) is 17.0 Å². The maximum Gasteiger partial charge on any atom is 0.152 e. The third kappa shape index (κ3) is 1.90. The van der Waals surface area contributed by atoms with Crippen LogP contribution in [0.1, 0.15) is 12.5 Å². The number of aromatic nitrogens is 2. The predicted molar refractivity (Wildman–Crippen MR) is 70.8 cm³/mol. The van der Waals surface area contributed by atoms with Crippen LogP contribution < -0.4 is 10.1 Å². The largest absolute Gasteiger partial charge is 0.493 e. The van der Waals surface area contributed by atoms with Gasteiger partial charge in [0, 0.05) is 30.9 Å². The van der Waals surface area contributed by atoms with Crippen molar-refractivity contribution in [3.05, 3.63) is 36.2 Å². The van der Waals surface area contributed by atoms with Crippen LogP contribution in [0.3, 0.4) is 0 Å². The number of anilines is 1. The third-order valence-corrected chi connectivity index (χ3v) is 3.01. The van der Waals surface area contributed by atoms with Gasteiger partial charge in [-0.05, 0) is 30.7 Å². The minimum Gasteiger partial charge on any atom is -0.493 e. The molecule has 0 fully saturated rings. The lowest BCUT2D eigenvalue weighted by Gasteiger charge is -2.09. The molecule has 2 aromatic rings. The smallest absolute Gasteiger partial charge is 0.152 e. The van der Waals surface area contributed by atoms with Gasteiger partial charge in [0.1, 0.15) is 11.4 Å². The molecule has 18 heavy (non-hydrogen) atoms. The van der Waals surface area contributed by atoms with Crippen LogP contribution in [0.25, 0.3) is 11.3 Å². The predicted octanol–water partition coefficient (Wildman–Crippen LogP) is 2.51. The van der Waals surface area contributed by atoms with E-state index in [4.69, 9.17) is 4.74 Å². The van der Waals surface area contributed by atoms with E-state index >= 15 is 0 Å². The van der Waals surface area contributed by atoms with E-state index in [-0.39, 0.29) is 0 Å². The second-order valence-corrected chi connectivity index (χ2v) is 4.20. The Balaban J connectivity index is 2.04. The lowest BCUT2D eigenvalue weighted by atomic mass is 10.1. The van der Waals surface area contributed by atoms with Crippen LogP contribution in [0, 0.1) is 0 Å². The standard InChI is InChI=1S/C14H15N3O/c1-2-15-14-13(16-6-7-17-14)11-3-4-12-10(9-11)5-8-18-12/h3-4,6-7,9H,2,5,8H2,1H3,(H,15,17). The first-order chi connectivity index (χ1) is 8.88. The van der Waals surface area contributed by atoms with Crippen molar-refractivity contribution in [2.75, 3.05) is 18.5 Å². The number of hydrogen-bond donors (Lipinski definition) is 1. The van der Waals surface area contributed by atoms with Gasteiger partial charge in [-0.2, -0.15) is 0 Å². The van der Waals surface area contributed by atoms with Gasteiger partial charge in [0.05, 0.1) is 6.61 Å². The molecule has 1 aromatic carbocycles. The quantitative estimate of drug-likeness (QED) is 0.897. The molecule has 4 heteroatoms. The lowest BCUT2D eigenvalue weighted by Crippen LogP contribution is -2.02. The van der Waals surface area contributed by atoms with E-state index in [1.54, 1.807) is 12.4 Å². The number of ether oxygens (including phenoxy) is 1. The summed E-state index contributed by atoms with van der Waals surface area (Å²) in [4.78, 5) is 8.76. The highest BCUT2D eigenvalue weighted by atomic mass is 16.5. The first kappa shape index (κ1) is 11.0. The summed E-state index contributed by atoms with van der Waals surface area (Å²) in [6.45, 7) is 3.66. The fourth-order valence-electron chi connectivity index (χ4n) is 2.18. The molecular weight excluding hydrogens is 226 g/mol. The summed E-state index contributed by atoms with van der Waals surface area (Å²) >= 11 is 0. The molecule has 0 saturated heterocycles. The molecule has 1 aliphatic rings. The average Bonchev–Trinajstić information content (AvgIpc) is 2.87. The van der Waals surface area contributed by atoms with E-state index in [9.17, 15) is 0 Å². The number of rotatable bonds is 3. The summed E-state index contributed by atoms with van der Waals surface area (Å²) in [5.74, 6) is 1.83. The van der Waals surface area contributed by atoms with Gasteiger partial charge in [0.2, 0.25) is 0 Å². The molecule has 0 bridgehead atoms. The van der Waals surface area contributed by atoms with E-state index in [0.29, 0.717) is 0 Å². The van der Waals surface area contributed by atoms with Gasteiger partial charge in [-0.25, -0.2) is 4.98 Å². The van der Waals surface area contributed by atoms with Crippen molar-refractivity contribution in [2.45, 2.75) is 13.3 Å². The zero-order valence-corrected chi connectivity index (χ0v) is 10.3. The minimum atomic E-state index is 0.777. The average molecular weight is 241 g/mol. The molecular formula is C14H15N3O. The van der Waals surface area contributed by atoms with Crippen LogP contribution in [0.15, 0.2) is 30.6 Å². The zero-order chi connectivity index (χ0) is 12.4. The van der Waals surface area contributed by atoms with Crippen molar-refractivity contribution in [3.63, 3.8) is 0 Å². The fraction of sp³-hybridized carbons (Fsp3) is 0.286. The van der Waals surface area contributed by atoms with Gasteiger partial charge in [0.25, 0.3) is 0 Å². The van der Waals surface area contributed by atoms with E-state index in [1.807, 2.05) is 12.1 Å². The van der Waals surface area contributed by atoms with Gasteiger partial charge in [0.15, 0.2) is 5.82 Å². The molecule has 0 amide bonds. The number of fused-ring (bicyclic) bond motifs is 1. The highest BCUT2D eigenvalue weighted by Gasteiger charge is 2.14. The molecule has 1 aromatic heterocycles. The van der Waals surface area contributed by atoms with Gasteiger partial charge < -0.3 is 10.1 Å². The van der Waals surface area contributed by atoms with E-state index in [1.165, 1.54) is 5.56 Å². The number of nitrogens with zero attached hydrogens (tertiary/aromatic N) is 2. The molecule has 0 aliphatic carbocycles. The summed E-state index contributed by atoms with van der Waals surface area (Å²) in [7, 11) is 0. The van der Waals surface area contributed by atoms with Crippen LogP contribution in [0.5, 0.6) is 5.75 Å². The van der Waals surface area contributed by atoms with E-state index in [0.717, 1.165) is 42.4 Å². The molecule has 92 valence electrons. The summed E-state index contributed by atoms with van der Waals surface area (Å²) in [5, 5.41) is 3.24. The third-order valence-electron chi connectivity index (χ3n) is 3.01. The van der Waals surface area contributed by atoms with Crippen molar-refractivity contribution in [1.82, 2.24) is 9.97 Å². The summed E-state index contributed by atoms with van der Waals surface area (Å²) < 4.78 is 5.52. The Morgan fingerprint density at radius 3 is 3.06 bits per heavy atom. The second-order valence-electron chi connectivity index (χ2n) is 4.20. The van der Waals surface area contributed by atoms with Gasteiger partial charge in [-0.3, -0.25) is 4.98 Å². The minimum absolute atomic E-state index is 0.777. The van der Waals surface area contributed by atoms with Crippen molar-refractivity contribution >= 4 is 5.82 Å². The Hall–Kier alpha value is -2.10. The molecule has 1 N–H and O–H groups in total. The van der Waals surface area contributed by atoms with Gasteiger partial charge in [-0.1, -0.05) is 0 Å². The Morgan fingerprint density at radius 1 is 1.28 bits per heavy atom. The van der Waals surface area contributed by atoms with Crippen LogP contribution >= 0.6 is 0 Å². The summed E-state index contributed by atoms with van der Waals surface area (Å²) in [5.41, 5.74) is 3.23. The molecule has 0 atom stereocenters. The summed E-state index contributed by atoms with van der Waals surface area (Å²) in [6.07, 6.45) is 4.40. The first-order valence-corrected chi connectivity index (χ1v) is 6.19. The number of hydrogen-bond acceptors (Lipinski definition) is 4. The second kappa shape index (κ2) is 4.64. The number of nitrogens with one attached hydrogen (secondary N) is 1. The molecule has 3 rings (SSSR count). The molecule has 4 nitrogen and oxygen atoms in total. The fourth-order valence-corrected chi connectivity index (χ4v) is 2.18. The zero-order valence-electron chi connectivity index (χ0n) is 10.3. The lowest BCUT2D eigenvalue weighted by molar-refractivity contribution is 0.357. The Kier molecular flexibility index (Phi) is 2.84. The van der Waals surface area contributed by atoms with Crippen LogP contribution in [-0.2, 0) is 6.42 Å². The first-order valence-electron chi connectivity index (χ1n) is 6.19. The van der Waals surface area contributed by atoms with Gasteiger partial charge in [-0.15, -0.1) is 0 Å². The van der Waals surface area contributed by atoms with Crippen LogP contribution in [-0.4, -0.2) is 23.1 Å². The van der Waals surface area contributed by atoms with Crippen molar-refractivity contribution in [1.29, 1.82) is 0 Å². The van der Waals surface area contributed by atoms with Crippen molar-refractivity contribution < 1.29 is 4.74 Å². The molecule has 0 unspecified atom stereocenters.